The van der Waals surface area contributed by atoms with Gasteiger partial charge in [0.15, 0.2) is 0 Å². The molecular weight excluding hydrogens is 206 g/mol. The second-order valence-electron chi connectivity index (χ2n) is 3.91. The first-order valence-corrected chi connectivity index (χ1v) is 6.36. The highest BCUT2D eigenvalue weighted by molar-refractivity contribution is 7.99. The highest BCUT2D eigenvalue weighted by atomic mass is 32.2. The maximum absolute atomic E-state index is 4.46. The van der Waals surface area contributed by atoms with Crippen LogP contribution in [0, 0.1) is 6.92 Å². The smallest absolute Gasteiger partial charge is 0.130 e. The molecule has 1 saturated carbocycles. The average Bonchev–Trinajstić information content (AvgIpc) is 2.69. The minimum atomic E-state index is 0.768. The van der Waals surface area contributed by atoms with Gasteiger partial charge in [0.05, 0.1) is 0 Å². The van der Waals surface area contributed by atoms with Crippen molar-refractivity contribution < 1.29 is 0 Å². The van der Waals surface area contributed by atoms with E-state index in [4.69, 9.17) is 0 Å². The summed E-state index contributed by atoms with van der Waals surface area (Å²) >= 11 is 1.90. The lowest BCUT2D eigenvalue weighted by molar-refractivity contribution is 0.886. The van der Waals surface area contributed by atoms with Gasteiger partial charge in [-0.1, -0.05) is 12.8 Å². The molecule has 0 atom stereocenters. The van der Waals surface area contributed by atoms with Crippen molar-refractivity contribution in [3.05, 3.63) is 11.9 Å². The highest BCUT2D eigenvalue weighted by Gasteiger charge is 2.17. The van der Waals surface area contributed by atoms with E-state index < -0.39 is 0 Å². The number of hydrogen-bond donors (Lipinski definition) is 1. The molecule has 1 aliphatic carbocycles. The predicted octanol–water partition coefficient (Wildman–Crippen LogP) is 2.86. The van der Waals surface area contributed by atoms with E-state index >= 15 is 0 Å². The Morgan fingerprint density at radius 2 is 2.07 bits per heavy atom. The van der Waals surface area contributed by atoms with Crippen molar-refractivity contribution in [3.63, 3.8) is 0 Å². The van der Waals surface area contributed by atoms with Gasteiger partial charge >= 0.3 is 0 Å². The number of nitrogens with zero attached hydrogens (tertiary/aromatic N) is 2. The molecule has 1 fully saturated rings. The molecule has 1 aliphatic rings. The second kappa shape index (κ2) is 4.84. The summed E-state index contributed by atoms with van der Waals surface area (Å²) in [5, 5.41) is 4.95. The molecule has 15 heavy (non-hydrogen) atoms. The summed E-state index contributed by atoms with van der Waals surface area (Å²) in [4.78, 5) is 8.75. The van der Waals surface area contributed by atoms with E-state index in [1.165, 1.54) is 25.7 Å². The summed E-state index contributed by atoms with van der Waals surface area (Å²) in [6.07, 6.45) is 5.42. The van der Waals surface area contributed by atoms with E-state index in [0.717, 1.165) is 21.9 Å². The minimum absolute atomic E-state index is 0.768. The summed E-state index contributed by atoms with van der Waals surface area (Å²) in [6, 6.07) is 2.04. The first kappa shape index (κ1) is 10.7. The number of rotatable bonds is 3. The van der Waals surface area contributed by atoms with E-state index in [-0.39, 0.29) is 0 Å². The normalized spacial score (nSPS) is 16.9. The predicted molar refractivity (Wildman–Crippen MR) is 64.4 cm³/mol. The Kier molecular flexibility index (Phi) is 3.46. The van der Waals surface area contributed by atoms with Gasteiger partial charge in [0.2, 0.25) is 0 Å². The second-order valence-corrected chi connectivity index (χ2v) is 5.23. The van der Waals surface area contributed by atoms with E-state index in [1.54, 1.807) is 0 Å². The number of hydrogen-bond acceptors (Lipinski definition) is 4. The third kappa shape index (κ3) is 2.84. The number of thioether (sulfide) groups is 1. The van der Waals surface area contributed by atoms with Gasteiger partial charge < -0.3 is 5.32 Å². The first-order chi connectivity index (χ1) is 7.28. The summed E-state index contributed by atoms with van der Waals surface area (Å²) in [5.74, 6) is 1.77. The van der Waals surface area contributed by atoms with Crippen LogP contribution in [-0.2, 0) is 0 Å². The molecule has 0 spiro atoms. The summed E-state index contributed by atoms with van der Waals surface area (Å²) in [6.45, 7) is 1.94. The van der Waals surface area contributed by atoms with Crippen molar-refractivity contribution in [2.24, 2.45) is 0 Å². The first-order valence-electron chi connectivity index (χ1n) is 5.48. The number of anilines is 1. The molecule has 0 amide bonds. The molecule has 3 nitrogen and oxygen atoms in total. The Labute approximate surface area is 95.1 Å². The van der Waals surface area contributed by atoms with Crippen molar-refractivity contribution in [2.45, 2.75) is 42.9 Å². The van der Waals surface area contributed by atoms with Crippen molar-refractivity contribution in [1.82, 2.24) is 9.97 Å². The van der Waals surface area contributed by atoms with Crippen molar-refractivity contribution in [2.75, 3.05) is 12.4 Å². The van der Waals surface area contributed by atoms with Crippen LogP contribution in [0.3, 0.4) is 0 Å². The molecule has 0 unspecified atom stereocenters. The quantitative estimate of drug-likeness (QED) is 0.800. The molecule has 0 aromatic carbocycles. The Balaban J connectivity index is 2.09. The molecule has 0 bridgehead atoms. The van der Waals surface area contributed by atoms with Gasteiger partial charge in [-0.05, 0) is 19.8 Å². The van der Waals surface area contributed by atoms with Crippen LogP contribution in [0.15, 0.2) is 11.1 Å². The Morgan fingerprint density at radius 1 is 1.33 bits per heavy atom. The number of nitrogens with one attached hydrogen (secondary N) is 1. The van der Waals surface area contributed by atoms with Gasteiger partial charge in [0.1, 0.15) is 16.7 Å². The van der Waals surface area contributed by atoms with Crippen molar-refractivity contribution in [1.29, 1.82) is 0 Å². The largest absolute Gasteiger partial charge is 0.373 e. The van der Waals surface area contributed by atoms with Gasteiger partial charge in [0.25, 0.3) is 0 Å². The molecule has 0 aliphatic heterocycles. The van der Waals surface area contributed by atoms with Crippen LogP contribution in [0.25, 0.3) is 0 Å². The van der Waals surface area contributed by atoms with E-state index in [0.29, 0.717) is 0 Å². The lowest BCUT2D eigenvalue weighted by Gasteiger charge is -2.09. The van der Waals surface area contributed by atoms with Crippen LogP contribution in [0.2, 0.25) is 0 Å². The Morgan fingerprint density at radius 3 is 2.73 bits per heavy atom. The Bertz CT molecular complexity index is 335. The monoisotopic (exact) mass is 223 g/mol. The number of aromatic nitrogens is 2. The molecule has 82 valence electrons. The fourth-order valence-corrected chi connectivity index (χ4v) is 3.18. The van der Waals surface area contributed by atoms with Crippen LogP contribution in [0.1, 0.15) is 31.5 Å². The van der Waals surface area contributed by atoms with Crippen LogP contribution in [0.4, 0.5) is 5.82 Å². The zero-order valence-electron chi connectivity index (χ0n) is 9.29. The van der Waals surface area contributed by atoms with Crippen LogP contribution >= 0.6 is 11.8 Å². The molecule has 0 radical (unpaired) electrons. The molecule has 4 heteroatoms. The average molecular weight is 223 g/mol. The molecule has 1 N–H and O–H groups in total. The molecule has 2 rings (SSSR count). The minimum Gasteiger partial charge on any atom is -0.373 e. The topological polar surface area (TPSA) is 37.8 Å². The van der Waals surface area contributed by atoms with Gasteiger partial charge in [-0.25, -0.2) is 9.97 Å². The fraction of sp³-hybridized carbons (Fsp3) is 0.636. The standard InChI is InChI=1S/C11H17N3S/c1-8-13-10(12-2)7-11(14-8)15-9-5-3-4-6-9/h7,9H,3-6H2,1-2H3,(H,12,13,14). The molecule has 0 saturated heterocycles. The third-order valence-corrected chi connectivity index (χ3v) is 3.92. The van der Waals surface area contributed by atoms with E-state index in [2.05, 4.69) is 15.3 Å². The molecule has 1 aromatic heterocycles. The van der Waals surface area contributed by atoms with Gasteiger partial charge in [-0.2, -0.15) is 0 Å². The molecular formula is C11H17N3S. The maximum Gasteiger partial charge on any atom is 0.130 e. The van der Waals surface area contributed by atoms with Crippen LogP contribution in [-0.4, -0.2) is 22.3 Å². The zero-order chi connectivity index (χ0) is 10.7. The van der Waals surface area contributed by atoms with Gasteiger partial charge in [0, 0.05) is 18.4 Å². The van der Waals surface area contributed by atoms with Gasteiger partial charge in [-0.15, -0.1) is 11.8 Å². The summed E-state index contributed by atoms with van der Waals surface area (Å²) in [7, 11) is 1.89. The Hall–Kier alpha value is -0.770. The lowest BCUT2D eigenvalue weighted by atomic mass is 10.4. The summed E-state index contributed by atoms with van der Waals surface area (Å²) < 4.78 is 0. The lowest BCUT2D eigenvalue weighted by Crippen LogP contribution is -2.00. The number of aryl methyl sites for hydroxylation is 1. The maximum atomic E-state index is 4.46. The SMILES string of the molecule is CNc1cc(SC2CCCC2)nc(C)n1. The van der Waals surface area contributed by atoms with E-state index in [1.807, 2.05) is 31.8 Å². The van der Waals surface area contributed by atoms with Crippen molar-refractivity contribution >= 4 is 17.6 Å². The third-order valence-electron chi connectivity index (χ3n) is 2.66. The summed E-state index contributed by atoms with van der Waals surface area (Å²) in [5.41, 5.74) is 0. The molecule has 1 aromatic rings. The fourth-order valence-electron chi connectivity index (χ4n) is 1.91. The van der Waals surface area contributed by atoms with Gasteiger partial charge in [-0.3, -0.25) is 0 Å². The van der Waals surface area contributed by atoms with E-state index in [9.17, 15) is 0 Å². The molecule has 1 heterocycles. The van der Waals surface area contributed by atoms with Crippen molar-refractivity contribution in [3.8, 4) is 0 Å². The highest BCUT2D eigenvalue weighted by Crippen LogP contribution is 2.34. The van der Waals surface area contributed by atoms with Crippen LogP contribution in [0.5, 0.6) is 0 Å². The van der Waals surface area contributed by atoms with Crippen LogP contribution < -0.4 is 5.32 Å². The zero-order valence-corrected chi connectivity index (χ0v) is 10.1.